The van der Waals surface area contributed by atoms with Crippen molar-refractivity contribution in [3.8, 4) is 0 Å². The number of aromatic nitrogens is 3. The van der Waals surface area contributed by atoms with E-state index in [-0.39, 0.29) is 11.9 Å². The summed E-state index contributed by atoms with van der Waals surface area (Å²) < 4.78 is 6.29. The van der Waals surface area contributed by atoms with Crippen molar-refractivity contribution in [2.75, 3.05) is 0 Å². The van der Waals surface area contributed by atoms with Crippen molar-refractivity contribution in [2.45, 2.75) is 33.2 Å². The van der Waals surface area contributed by atoms with Crippen molar-refractivity contribution in [1.29, 1.82) is 0 Å². The molecule has 0 saturated carbocycles. The van der Waals surface area contributed by atoms with E-state index in [4.69, 9.17) is 4.52 Å². The minimum atomic E-state index is -0.331. The molecule has 7 heteroatoms. The minimum Gasteiger partial charge on any atom is -0.350 e. The van der Waals surface area contributed by atoms with Gasteiger partial charge in [-0.3, -0.25) is 4.79 Å². The van der Waals surface area contributed by atoms with E-state index in [0.717, 1.165) is 16.6 Å². The highest BCUT2D eigenvalue weighted by molar-refractivity contribution is 7.17. The second-order valence-electron chi connectivity index (χ2n) is 5.72. The number of carbonyl (C=O) groups is 1. The summed E-state index contributed by atoms with van der Waals surface area (Å²) >= 11 is 1.60. The lowest BCUT2D eigenvalue weighted by atomic mass is 10.1. The average molecular weight is 318 g/mol. The number of rotatable bonds is 5. The number of nitrogens with one attached hydrogen (secondary N) is 2. The number of hydrogen-bond acceptors (Lipinski definition) is 5. The Morgan fingerprint density at radius 1 is 1.45 bits per heavy atom. The lowest BCUT2D eigenvalue weighted by Gasteiger charge is -2.08. The molecule has 0 bridgehead atoms. The lowest BCUT2D eigenvalue weighted by molar-refractivity contribution is 0.0928. The van der Waals surface area contributed by atoms with Gasteiger partial charge >= 0.3 is 0 Å². The third-order valence-electron chi connectivity index (χ3n) is 3.28. The fourth-order valence-electron chi connectivity index (χ4n) is 2.20. The Hall–Kier alpha value is -2.15. The van der Waals surface area contributed by atoms with Crippen molar-refractivity contribution in [3.63, 3.8) is 0 Å². The average Bonchev–Trinajstić information content (AvgIpc) is 3.11. The highest BCUT2D eigenvalue weighted by atomic mass is 32.1. The predicted molar refractivity (Wildman–Crippen MR) is 84.9 cm³/mol. The molecule has 0 aliphatic heterocycles. The van der Waals surface area contributed by atoms with Crippen LogP contribution in [0.1, 0.15) is 49.0 Å². The second kappa shape index (κ2) is 5.92. The van der Waals surface area contributed by atoms with Crippen LogP contribution in [0.2, 0.25) is 0 Å². The maximum atomic E-state index is 12.3. The SMILES string of the molecule is CC(C)Cc1noc([C@H](C)NC(=O)c2cc3sccc3[nH]2)n1. The minimum absolute atomic E-state index is 0.181. The smallest absolute Gasteiger partial charge is 0.268 e. The molecule has 0 spiro atoms. The Morgan fingerprint density at radius 3 is 3.00 bits per heavy atom. The fourth-order valence-corrected chi connectivity index (χ4v) is 2.98. The summed E-state index contributed by atoms with van der Waals surface area (Å²) in [5.74, 6) is 1.38. The van der Waals surface area contributed by atoms with Crippen LogP contribution in [0, 0.1) is 5.92 Å². The van der Waals surface area contributed by atoms with E-state index in [9.17, 15) is 4.79 Å². The molecule has 116 valence electrons. The van der Waals surface area contributed by atoms with Crippen LogP contribution >= 0.6 is 11.3 Å². The molecule has 0 aromatic carbocycles. The quantitative estimate of drug-likeness (QED) is 0.756. The Labute approximate surface area is 131 Å². The molecule has 3 aromatic heterocycles. The largest absolute Gasteiger partial charge is 0.350 e. The molecule has 0 fully saturated rings. The Bertz CT molecular complexity index is 758. The maximum absolute atomic E-state index is 12.3. The number of aromatic amines is 1. The van der Waals surface area contributed by atoms with Gasteiger partial charge in [0.15, 0.2) is 5.82 Å². The highest BCUT2D eigenvalue weighted by Crippen LogP contribution is 2.21. The van der Waals surface area contributed by atoms with Crippen LogP contribution in [0.25, 0.3) is 10.2 Å². The summed E-state index contributed by atoms with van der Waals surface area (Å²) in [6, 6.07) is 3.47. The number of H-pyrrole nitrogens is 1. The molecule has 3 rings (SSSR count). The van der Waals surface area contributed by atoms with E-state index < -0.39 is 0 Å². The van der Waals surface area contributed by atoms with E-state index in [1.165, 1.54) is 0 Å². The first-order chi connectivity index (χ1) is 10.5. The molecule has 3 aromatic rings. The third-order valence-corrected chi connectivity index (χ3v) is 4.14. The molecular weight excluding hydrogens is 300 g/mol. The molecule has 0 saturated heterocycles. The Kier molecular flexibility index (Phi) is 3.98. The molecule has 2 N–H and O–H groups in total. The van der Waals surface area contributed by atoms with E-state index in [1.54, 1.807) is 11.3 Å². The molecule has 22 heavy (non-hydrogen) atoms. The van der Waals surface area contributed by atoms with Crippen molar-refractivity contribution in [3.05, 3.63) is 34.9 Å². The fraction of sp³-hybridized carbons (Fsp3) is 0.400. The van der Waals surface area contributed by atoms with E-state index in [1.807, 2.05) is 24.4 Å². The van der Waals surface area contributed by atoms with Crippen LogP contribution in [0.5, 0.6) is 0 Å². The maximum Gasteiger partial charge on any atom is 0.268 e. The number of carbonyl (C=O) groups excluding carboxylic acids is 1. The Morgan fingerprint density at radius 2 is 2.27 bits per heavy atom. The molecule has 0 aliphatic rings. The van der Waals surface area contributed by atoms with Crippen LogP contribution in [0.15, 0.2) is 22.0 Å². The van der Waals surface area contributed by atoms with Gasteiger partial charge < -0.3 is 14.8 Å². The lowest BCUT2D eigenvalue weighted by Crippen LogP contribution is -2.27. The van der Waals surface area contributed by atoms with Gasteiger partial charge in [0.05, 0.1) is 10.2 Å². The third kappa shape index (κ3) is 3.04. The zero-order valence-corrected chi connectivity index (χ0v) is 13.5. The van der Waals surface area contributed by atoms with Crippen LogP contribution < -0.4 is 5.32 Å². The topological polar surface area (TPSA) is 83.8 Å². The van der Waals surface area contributed by atoms with E-state index in [0.29, 0.717) is 23.3 Å². The molecule has 6 nitrogen and oxygen atoms in total. The number of amides is 1. The van der Waals surface area contributed by atoms with Gasteiger partial charge in [-0.15, -0.1) is 11.3 Å². The molecule has 0 radical (unpaired) electrons. The van der Waals surface area contributed by atoms with Gasteiger partial charge in [0.2, 0.25) is 5.89 Å². The van der Waals surface area contributed by atoms with Gasteiger partial charge in [0, 0.05) is 6.42 Å². The van der Waals surface area contributed by atoms with Gasteiger partial charge in [-0.05, 0) is 30.4 Å². The molecule has 0 aliphatic carbocycles. The van der Waals surface area contributed by atoms with Crippen LogP contribution in [0.3, 0.4) is 0 Å². The van der Waals surface area contributed by atoms with E-state index in [2.05, 4.69) is 34.3 Å². The predicted octanol–water partition coefficient (Wildman–Crippen LogP) is 3.30. The van der Waals surface area contributed by atoms with Gasteiger partial charge in [0.25, 0.3) is 5.91 Å². The molecule has 3 heterocycles. The summed E-state index contributed by atoms with van der Waals surface area (Å²) in [7, 11) is 0. The second-order valence-corrected chi connectivity index (χ2v) is 6.67. The molecule has 0 unspecified atom stereocenters. The molecular formula is C15H18N4O2S. The van der Waals surface area contributed by atoms with Gasteiger partial charge in [-0.1, -0.05) is 19.0 Å². The monoisotopic (exact) mass is 318 g/mol. The summed E-state index contributed by atoms with van der Waals surface area (Å²) in [5.41, 5.74) is 1.51. The van der Waals surface area contributed by atoms with Crippen LogP contribution in [-0.4, -0.2) is 21.0 Å². The molecule has 1 amide bonds. The summed E-state index contributed by atoms with van der Waals surface area (Å²) in [6.45, 7) is 6.02. The normalized spacial score (nSPS) is 12.9. The zero-order chi connectivity index (χ0) is 15.7. The first-order valence-electron chi connectivity index (χ1n) is 7.22. The van der Waals surface area contributed by atoms with Gasteiger partial charge in [-0.25, -0.2) is 0 Å². The number of fused-ring (bicyclic) bond motifs is 1. The highest BCUT2D eigenvalue weighted by Gasteiger charge is 2.19. The van der Waals surface area contributed by atoms with Crippen molar-refractivity contribution in [1.82, 2.24) is 20.4 Å². The van der Waals surface area contributed by atoms with Crippen LogP contribution in [0.4, 0.5) is 0 Å². The summed E-state index contributed by atoms with van der Waals surface area (Å²) in [4.78, 5) is 19.7. The summed E-state index contributed by atoms with van der Waals surface area (Å²) in [6.07, 6.45) is 0.761. The Balaban J connectivity index is 1.67. The first kappa shape index (κ1) is 14.8. The first-order valence-corrected chi connectivity index (χ1v) is 8.10. The number of hydrogen-bond donors (Lipinski definition) is 2. The van der Waals surface area contributed by atoms with Gasteiger partial charge in [-0.2, -0.15) is 4.98 Å². The van der Waals surface area contributed by atoms with Crippen LogP contribution in [-0.2, 0) is 6.42 Å². The van der Waals surface area contributed by atoms with Crippen molar-refractivity contribution < 1.29 is 9.32 Å². The number of thiophene rings is 1. The zero-order valence-electron chi connectivity index (χ0n) is 12.7. The standard InChI is InChI=1S/C15H18N4O2S/c1-8(2)6-13-18-15(21-19-13)9(3)16-14(20)11-7-12-10(17-11)4-5-22-12/h4-5,7-9,17H,6H2,1-3H3,(H,16,20)/t9-/m0/s1. The van der Waals surface area contributed by atoms with Gasteiger partial charge in [0.1, 0.15) is 11.7 Å². The number of nitrogens with zero attached hydrogens (tertiary/aromatic N) is 2. The van der Waals surface area contributed by atoms with Crippen molar-refractivity contribution >= 4 is 27.5 Å². The van der Waals surface area contributed by atoms with E-state index >= 15 is 0 Å². The summed E-state index contributed by atoms with van der Waals surface area (Å²) in [5, 5.41) is 8.79. The van der Waals surface area contributed by atoms with Crippen molar-refractivity contribution in [2.24, 2.45) is 5.92 Å². The molecule has 1 atom stereocenters.